The average Bonchev–Trinajstić information content (AvgIpc) is 2.42. The van der Waals surface area contributed by atoms with Crippen LogP contribution in [0.5, 0.6) is 0 Å². The Hall–Kier alpha value is -0.640. The number of halogens is 1. The van der Waals surface area contributed by atoms with Crippen LogP contribution in [0.15, 0.2) is 18.2 Å². The highest BCUT2D eigenvalue weighted by Crippen LogP contribution is 2.26. The van der Waals surface area contributed by atoms with Crippen LogP contribution >= 0.6 is 22.9 Å². The molecule has 4 heteroatoms. The number of thiazole rings is 1. The van der Waals surface area contributed by atoms with E-state index in [9.17, 15) is 0 Å². The van der Waals surface area contributed by atoms with Crippen molar-refractivity contribution in [2.75, 3.05) is 0 Å². The van der Waals surface area contributed by atoms with Crippen molar-refractivity contribution in [1.29, 1.82) is 0 Å². The van der Waals surface area contributed by atoms with Gasteiger partial charge in [-0.1, -0.05) is 11.6 Å². The summed E-state index contributed by atoms with van der Waals surface area (Å²) in [5.41, 5.74) is 6.71. The van der Waals surface area contributed by atoms with Crippen molar-refractivity contribution >= 4 is 33.2 Å². The van der Waals surface area contributed by atoms with Gasteiger partial charge < -0.3 is 5.73 Å². The number of hydrogen-bond acceptors (Lipinski definition) is 3. The third-order valence-electron chi connectivity index (χ3n) is 2.00. The maximum Gasteiger partial charge on any atom is 0.0956 e. The fourth-order valence-electron chi connectivity index (χ4n) is 1.41. The van der Waals surface area contributed by atoms with Gasteiger partial charge in [-0.05, 0) is 32.0 Å². The molecule has 0 unspecified atom stereocenters. The van der Waals surface area contributed by atoms with E-state index in [1.807, 2.05) is 32.0 Å². The van der Waals surface area contributed by atoms with Crippen LogP contribution in [0.2, 0.25) is 5.02 Å². The molecule has 80 valence electrons. The van der Waals surface area contributed by atoms with Crippen molar-refractivity contribution in [3.63, 3.8) is 0 Å². The number of aromatic nitrogens is 1. The topological polar surface area (TPSA) is 38.9 Å². The van der Waals surface area contributed by atoms with E-state index in [4.69, 9.17) is 17.3 Å². The Kier molecular flexibility index (Phi) is 2.71. The van der Waals surface area contributed by atoms with Crippen molar-refractivity contribution in [1.82, 2.24) is 4.98 Å². The van der Waals surface area contributed by atoms with Crippen molar-refractivity contribution in [2.24, 2.45) is 5.73 Å². The van der Waals surface area contributed by atoms with Crippen LogP contribution in [-0.4, -0.2) is 10.5 Å². The van der Waals surface area contributed by atoms with Crippen molar-refractivity contribution in [3.8, 4) is 0 Å². The molecule has 0 amide bonds. The first kappa shape index (κ1) is 10.9. The van der Waals surface area contributed by atoms with Crippen LogP contribution < -0.4 is 5.73 Å². The van der Waals surface area contributed by atoms with E-state index in [1.54, 1.807) is 11.3 Å². The third-order valence-corrected chi connectivity index (χ3v) is 3.27. The summed E-state index contributed by atoms with van der Waals surface area (Å²) in [6, 6.07) is 5.78. The highest BCUT2D eigenvalue weighted by Gasteiger charge is 2.14. The molecule has 2 nitrogen and oxygen atoms in total. The zero-order chi connectivity index (χ0) is 11.1. The molecule has 0 bridgehead atoms. The lowest BCUT2D eigenvalue weighted by molar-refractivity contribution is 0.516. The second-order valence-electron chi connectivity index (χ2n) is 4.39. The Morgan fingerprint density at radius 1 is 1.47 bits per heavy atom. The van der Waals surface area contributed by atoms with Gasteiger partial charge in [-0.2, -0.15) is 0 Å². The summed E-state index contributed by atoms with van der Waals surface area (Å²) < 4.78 is 1.17. The van der Waals surface area contributed by atoms with E-state index in [0.717, 1.165) is 22.0 Å². The monoisotopic (exact) mass is 240 g/mol. The first-order chi connectivity index (χ1) is 6.94. The lowest BCUT2D eigenvalue weighted by Crippen LogP contribution is -2.34. The van der Waals surface area contributed by atoms with Gasteiger partial charge in [0.1, 0.15) is 0 Å². The first-order valence-electron chi connectivity index (χ1n) is 4.78. The van der Waals surface area contributed by atoms with Crippen LogP contribution in [0.1, 0.15) is 18.9 Å². The summed E-state index contributed by atoms with van der Waals surface area (Å²) in [7, 11) is 0. The standard InChI is InChI=1S/C11H13ClN2S/c1-11(2,13)6-10-14-8-5-7(12)3-4-9(8)15-10/h3-5H,6,13H2,1-2H3. The fourth-order valence-corrected chi connectivity index (χ4v) is 2.77. The maximum atomic E-state index is 5.96. The number of fused-ring (bicyclic) bond motifs is 1. The van der Waals surface area contributed by atoms with E-state index in [0.29, 0.717) is 0 Å². The molecular formula is C11H13ClN2S. The van der Waals surface area contributed by atoms with Gasteiger partial charge in [0.05, 0.1) is 15.2 Å². The SMILES string of the molecule is CC(C)(N)Cc1nc2cc(Cl)ccc2s1. The number of nitrogens with two attached hydrogens (primary N) is 1. The average molecular weight is 241 g/mol. The molecule has 0 saturated heterocycles. The van der Waals surface area contributed by atoms with Gasteiger partial charge in [0.15, 0.2) is 0 Å². The van der Waals surface area contributed by atoms with E-state index >= 15 is 0 Å². The largest absolute Gasteiger partial charge is 0.325 e. The van der Waals surface area contributed by atoms with E-state index in [1.165, 1.54) is 4.70 Å². The molecule has 0 aliphatic rings. The van der Waals surface area contributed by atoms with Gasteiger partial charge in [-0.15, -0.1) is 11.3 Å². The Balaban J connectivity index is 2.39. The molecule has 1 heterocycles. The Bertz CT molecular complexity index is 485. The van der Waals surface area contributed by atoms with Gasteiger partial charge in [0.25, 0.3) is 0 Å². The molecule has 0 radical (unpaired) electrons. The number of hydrogen-bond donors (Lipinski definition) is 1. The third kappa shape index (κ3) is 2.68. The molecule has 2 rings (SSSR count). The molecule has 0 atom stereocenters. The molecule has 0 aliphatic heterocycles. The van der Waals surface area contributed by atoms with Gasteiger partial charge in [0.2, 0.25) is 0 Å². The lowest BCUT2D eigenvalue weighted by Gasteiger charge is -2.15. The summed E-state index contributed by atoms with van der Waals surface area (Å²) in [6.07, 6.45) is 0.796. The summed E-state index contributed by atoms with van der Waals surface area (Å²) in [5, 5.41) is 1.80. The minimum Gasteiger partial charge on any atom is -0.325 e. The van der Waals surface area contributed by atoms with Crippen molar-refractivity contribution in [2.45, 2.75) is 25.8 Å². The zero-order valence-electron chi connectivity index (χ0n) is 8.75. The Morgan fingerprint density at radius 3 is 2.87 bits per heavy atom. The predicted octanol–water partition coefficient (Wildman–Crippen LogP) is 3.23. The molecule has 0 fully saturated rings. The fraction of sp³-hybridized carbons (Fsp3) is 0.364. The number of nitrogens with zero attached hydrogens (tertiary/aromatic N) is 1. The number of rotatable bonds is 2. The minimum absolute atomic E-state index is 0.211. The van der Waals surface area contributed by atoms with Crippen molar-refractivity contribution < 1.29 is 0 Å². The van der Waals surface area contributed by atoms with Crippen LogP contribution in [0.3, 0.4) is 0 Å². The minimum atomic E-state index is -0.211. The van der Waals surface area contributed by atoms with E-state index < -0.39 is 0 Å². The van der Waals surface area contributed by atoms with Crippen molar-refractivity contribution in [3.05, 3.63) is 28.2 Å². The smallest absolute Gasteiger partial charge is 0.0956 e. The molecule has 15 heavy (non-hydrogen) atoms. The van der Waals surface area contributed by atoms with E-state index in [-0.39, 0.29) is 5.54 Å². The van der Waals surface area contributed by atoms with Gasteiger partial charge in [-0.3, -0.25) is 0 Å². The van der Waals surface area contributed by atoms with E-state index in [2.05, 4.69) is 4.98 Å². The molecule has 2 N–H and O–H groups in total. The molecule has 0 spiro atoms. The molecule has 0 aliphatic carbocycles. The van der Waals surface area contributed by atoms with Crippen LogP contribution in [0.25, 0.3) is 10.2 Å². The first-order valence-corrected chi connectivity index (χ1v) is 5.97. The second kappa shape index (κ2) is 3.74. The molecule has 1 aromatic carbocycles. The molecule has 1 aromatic heterocycles. The molecule has 0 saturated carbocycles. The predicted molar refractivity (Wildman–Crippen MR) is 66.6 cm³/mol. The van der Waals surface area contributed by atoms with Gasteiger partial charge in [-0.25, -0.2) is 4.98 Å². The number of benzene rings is 1. The summed E-state index contributed by atoms with van der Waals surface area (Å²) in [5.74, 6) is 0. The van der Waals surface area contributed by atoms with Crippen LogP contribution in [0, 0.1) is 0 Å². The van der Waals surface area contributed by atoms with Crippen LogP contribution in [-0.2, 0) is 6.42 Å². The highest BCUT2D eigenvalue weighted by molar-refractivity contribution is 7.18. The van der Waals surface area contributed by atoms with Crippen LogP contribution in [0.4, 0.5) is 0 Å². The second-order valence-corrected chi connectivity index (χ2v) is 5.94. The quantitative estimate of drug-likeness (QED) is 0.876. The lowest BCUT2D eigenvalue weighted by atomic mass is 10.0. The zero-order valence-corrected chi connectivity index (χ0v) is 10.3. The molecule has 2 aromatic rings. The van der Waals surface area contributed by atoms with Gasteiger partial charge >= 0.3 is 0 Å². The normalized spacial score (nSPS) is 12.3. The maximum absolute atomic E-state index is 5.96. The Morgan fingerprint density at radius 2 is 2.20 bits per heavy atom. The summed E-state index contributed by atoms with van der Waals surface area (Å²) in [4.78, 5) is 4.51. The summed E-state index contributed by atoms with van der Waals surface area (Å²) in [6.45, 7) is 4.01. The Labute approximate surface area is 98.1 Å². The van der Waals surface area contributed by atoms with Gasteiger partial charge in [0, 0.05) is 17.0 Å². The summed E-state index contributed by atoms with van der Waals surface area (Å²) >= 11 is 7.58. The molecular weight excluding hydrogens is 228 g/mol. The highest BCUT2D eigenvalue weighted by atomic mass is 35.5.